The number of nitrogens with one attached hydrogen (secondary N) is 1. The van der Waals surface area contributed by atoms with Crippen molar-refractivity contribution in [2.24, 2.45) is 0 Å². The maximum atomic E-state index is 5.94. The van der Waals surface area contributed by atoms with Crippen LogP contribution < -0.4 is 10.1 Å². The Bertz CT molecular complexity index is 362. The van der Waals surface area contributed by atoms with Gasteiger partial charge in [0.2, 0.25) is 0 Å². The number of hydrogen-bond donors (Lipinski definition) is 1. The van der Waals surface area contributed by atoms with Crippen LogP contribution in [0.3, 0.4) is 0 Å². The van der Waals surface area contributed by atoms with E-state index in [0.29, 0.717) is 6.10 Å². The third-order valence-electron chi connectivity index (χ3n) is 3.26. The van der Waals surface area contributed by atoms with E-state index >= 15 is 0 Å². The molecule has 2 rings (SSSR count). The summed E-state index contributed by atoms with van der Waals surface area (Å²) in [7, 11) is 0. The first kappa shape index (κ1) is 12.4. The standard InChI is InChI=1S/C15H23NO/c1-3-8-16-9-4-5-14-11-13-10-12(2)6-7-15(13)17-14/h6-7,10,14,16H,3-5,8-9,11H2,1-2H3. The molecular formula is C15H23NO. The minimum absolute atomic E-state index is 0.398. The van der Waals surface area contributed by atoms with Crippen molar-refractivity contribution in [3.8, 4) is 5.75 Å². The van der Waals surface area contributed by atoms with Gasteiger partial charge >= 0.3 is 0 Å². The van der Waals surface area contributed by atoms with Crippen LogP contribution in [-0.2, 0) is 6.42 Å². The zero-order valence-corrected chi connectivity index (χ0v) is 11.0. The van der Waals surface area contributed by atoms with Crippen LogP contribution in [0.4, 0.5) is 0 Å². The van der Waals surface area contributed by atoms with Crippen molar-refractivity contribution in [3.05, 3.63) is 29.3 Å². The zero-order chi connectivity index (χ0) is 12.1. The van der Waals surface area contributed by atoms with Gasteiger partial charge in [-0.3, -0.25) is 0 Å². The lowest BCUT2D eigenvalue weighted by Gasteiger charge is -2.10. The van der Waals surface area contributed by atoms with Crippen LogP contribution in [0, 0.1) is 6.92 Å². The lowest BCUT2D eigenvalue weighted by Crippen LogP contribution is -2.19. The molecule has 2 nitrogen and oxygen atoms in total. The van der Waals surface area contributed by atoms with Crippen LogP contribution in [0.15, 0.2) is 18.2 Å². The van der Waals surface area contributed by atoms with Gasteiger partial charge in [0.1, 0.15) is 11.9 Å². The molecule has 0 aromatic heterocycles. The van der Waals surface area contributed by atoms with E-state index in [1.54, 1.807) is 0 Å². The predicted molar refractivity (Wildman–Crippen MR) is 71.7 cm³/mol. The van der Waals surface area contributed by atoms with Gasteiger partial charge in [0.05, 0.1) is 0 Å². The topological polar surface area (TPSA) is 21.3 Å². The minimum Gasteiger partial charge on any atom is -0.490 e. The normalized spacial score (nSPS) is 17.9. The number of fused-ring (bicyclic) bond motifs is 1. The molecule has 94 valence electrons. The van der Waals surface area contributed by atoms with Gasteiger partial charge in [-0.25, -0.2) is 0 Å². The van der Waals surface area contributed by atoms with Crippen molar-refractivity contribution in [1.29, 1.82) is 0 Å². The SMILES string of the molecule is CCCNCCCC1Cc2cc(C)ccc2O1. The molecule has 0 spiro atoms. The summed E-state index contributed by atoms with van der Waals surface area (Å²) in [4.78, 5) is 0. The van der Waals surface area contributed by atoms with E-state index in [0.717, 1.165) is 31.7 Å². The van der Waals surface area contributed by atoms with E-state index in [-0.39, 0.29) is 0 Å². The van der Waals surface area contributed by atoms with Crippen molar-refractivity contribution >= 4 is 0 Å². The second-order valence-corrected chi connectivity index (χ2v) is 4.95. The predicted octanol–water partition coefficient (Wildman–Crippen LogP) is 3.08. The number of hydrogen-bond acceptors (Lipinski definition) is 2. The van der Waals surface area contributed by atoms with E-state index in [2.05, 4.69) is 37.4 Å². The van der Waals surface area contributed by atoms with Gasteiger partial charge in [0.25, 0.3) is 0 Å². The second kappa shape index (κ2) is 6.06. The van der Waals surface area contributed by atoms with Gasteiger partial charge < -0.3 is 10.1 Å². The van der Waals surface area contributed by atoms with Crippen LogP contribution in [0.5, 0.6) is 5.75 Å². The molecule has 1 atom stereocenters. The van der Waals surface area contributed by atoms with Crippen LogP contribution in [0.25, 0.3) is 0 Å². The Balaban J connectivity index is 1.73. The molecule has 0 aliphatic carbocycles. The highest BCUT2D eigenvalue weighted by atomic mass is 16.5. The first-order valence-corrected chi connectivity index (χ1v) is 6.76. The fourth-order valence-corrected chi connectivity index (χ4v) is 2.37. The van der Waals surface area contributed by atoms with Gasteiger partial charge in [-0.05, 0) is 50.9 Å². The molecule has 1 aliphatic heterocycles. The van der Waals surface area contributed by atoms with E-state index < -0.39 is 0 Å². The molecule has 0 bridgehead atoms. The van der Waals surface area contributed by atoms with Gasteiger partial charge in [-0.15, -0.1) is 0 Å². The van der Waals surface area contributed by atoms with E-state index in [9.17, 15) is 0 Å². The van der Waals surface area contributed by atoms with Gasteiger partial charge in [-0.1, -0.05) is 24.6 Å². The summed E-state index contributed by atoms with van der Waals surface area (Å²) < 4.78 is 5.94. The molecule has 1 heterocycles. The highest BCUT2D eigenvalue weighted by Gasteiger charge is 2.21. The molecule has 0 saturated carbocycles. The number of ether oxygens (including phenoxy) is 1. The smallest absolute Gasteiger partial charge is 0.123 e. The van der Waals surface area contributed by atoms with E-state index in [1.807, 2.05) is 0 Å². The summed E-state index contributed by atoms with van der Waals surface area (Å²) in [5, 5.41) is 3.43. The van der Waals surface area contributed by atoms with Crippen LogP contribution >= 0.6 is 0 Å². The van der Waals surface area contributed by atoms with Crippen LogP contribution in [0.2, 0.25) is 0 Å². The zero-order valence-electron chi connectivity index (χ0n) is 11.0. The van der Waals surface area contributed by atoms with Crippen molar-refractivity contribution in [1.82, 2.24) is 5.32 Å². The summed E-state index contributed by atoms with van der Waals surface area (Å²) in [6.07, 6.45) is 5.06. The van der Waals surface area contributed by atoms with E-state index in [1.165, 1.54) is 24.0 Å². The lowest BCUT2D eigenvalue weighted by molar-refractivity contribution is 0.217. The molecule has 1 aliphatic rings. The fraction of sp³-hybridized carbons (Fsp3) is 0.600. The highest BCUT2D eigenvalue weighted by Crippen LogP contribution is 2.30. The van der Waals surface area contributed by atoms with Crippen LogP contribution in [-0.4, -0.2) is 19.2 Å². The molecule has 1 aromatic carbocycles. The number of aryl methyl sites for hydroxylation is 1. The highest BCUT2D eigenvalue weighted by molar-refractivity contribution is 5.40. The van der Waals surface area contributed by atoms with Crippen molar-refractivity contribution in [3.63, 3.8) is 0 Å². The first-order valence-electron chi connectivity index (χ1n) is 6.76. The quantitative estimate of drug-likeness (QED) is 0.762. The first-order chi connectivity index (χ1) is 8.29. The summed E-state index contributed by atoms with van der Waals surface area (Å²) in [5.74, 6) is 1.10. The fourth-order valence-electron chi connectivity index (χ4n) is 2.37. The maximum absolute atomic E-state index is 5.94. The Morgan fingerprint density at radius 1 is 1.35 bits per heavy atom. The van der Waals surface area contributed by atoms with Crippen molar-refractivity contribution in [2.75, 3.05) is 13.1 Å². The Hall–Kier alpha value is -1.02. The van der Waals surface area contributed by atoms with E-state index in [4.69, 9.17) is 4.74 Å². The molecule has 0 fully saturated rings. The summed E-state index contributed by atoms with van der Waals surface area (Å²) in [6.45, 7) is 6.59. The average molecular weight is 233 g/mol. The Morgan fingerprint density at radius 3 is 3.06 bits per heavy atom. The van der Waals surface area contributed by atoms with Gasteiger partial charge in [0, 0.05) is 6.42 Å². The molecule has 0 amide bonds. The molecule has 17 heavy (non-hydrogen) atoms. The summed E-state index contributed by atoms with van der Waals surface area (Å²) >= 11 is 0. The lowest BCUT2D eigenvalue weighted by atomic mass is 10.0. The number of rotatable bonds is 6. The molecule has 0 saturated heterocycles. The Morgan fingerprint density at radius 2 is 2.24 bits per heavy atom. The second-order valence-electron chi connectivity index (χ2n) is 4.95. The third kappa shape index (κ3) is 3.47. The summed E-state index contributed by atoms with van der Waals surface area (Å²) in [5.41, 5.74) is 2.72. The minimum atomic E-state index is 0.398. The Labute approximate surface area is 104 Å². The number of benzene rings is 1. The monoisotopic (exact) mass is 233 g/mol. The van der Waals surface area contributed by atoms with Gasteiger partial charge in [0.15, 0.2) is 0 Å². The molecular weight excluding hydrogens is 210 g/mol. The van der Waals surface area contributed by atoms with Crippen molar-refractivity contribution in [2.45, 2.75) is 45.6 Å². The van der Waals surface area contributed by atoms with Crippen molar-refractivity contribution < 1.29 is 4.74 Å². The third-order valence-corrected chi connectivity index (χ3v) is 3.26. The average Bonchev–Trinajstić information content (AvgIpc) is 2.70. The maximum Gasteiger partial charge on any atom is 0.123 e. The molecule has 1 unspecified atom stereocenters. The molecule has 1 aromatic rings. The summed E-state index contributed by atoms with van der Waals surface area (Å²) in [6, 6.07) is 6.49. The van der Waals surface area contributed by atoms with Crippen LogP contribution in [0.1, 0.15) is 37.3 Å². The molecule has 1 N–H and O–H groups in total. The molecule has 0 radical (unpaired) electrons. The Kier molecular flexibility index (Phi) is 4.43. The molecule has 2 heteroatoms. The largest absolute Gasteiger partial charge is 0.490 e. The van der Waals surface area contributed by atoms with Gasteiger partial charge in [-0.2, -0.15) is 0 Å².